The molecular weight excluding hydrogens is 572 g/mol. The van der Waals surface area contributed by atoms with Gasteiger partial charge in [-0.25, -0.2) is 4.68 Å². The Morgan fingerprint density at radius 2 is 1.62 bits per heavy atom. The minimum Gasteiger partial charge on any atom is -0.396 e. The molecule has 11 nitrogen and oxygen atoms in total. The molecule has 5 heterocycles. The van der Waals surface area contributed by atoms with Crippen molar-refractivity contribution in [3.63, 3.8) is 0 Å². The zero-order valence-corrected chi connectivity index (χ0v) is 25.4. The van der Waals surface area contributed by atoms with Gasteiger partial charge in [0.1, 0.15) is 23.8 Å². The predicted octanol–water partition coefficient (Wildman–Crippen LogP) is 2.91. The number of ether oxygens (including phenoxy) is 1. The second kappa shape index (κ2) is 11.5. The zero-order chi connectivity index (χ0) is 31.2. The largest absolute Gasteiger partial charge is 0.396 e. The Balaban J connectivity index is 1.27. The van der Waals surface area contributed by atoms with Crippen molar-refractivity contribution in [2.75, 3.05) is 31.1 Å². The van der Waals surface area contributed by atoms with Crippen LogP contribution in [0, 0.1) is 11.8 Å². The highest BCUT2D eigenvalue weighted by molar-refractivity contribution is 6.04. The smallest absolute Gasteiger partial charge is 0.250 e. The number of fused-ring (bicyclic) bond motifs is 3. The van der Waals surface area contributed by atoms with Crippen LogP contribution in [0.3, 0.4) is 0 Å². The molecule has 2 saturated heterocycles. The van der Waals surface area contributed by atoms with Gasteiger partial charge in [0.05, 0.1) is 23.0 Å². The Morgan fingerprint density at radius 1 is 0.867 bits per heavy atom. The van der Waals surface area contributed by atoms with Gasteiger partial charge < -0.3 is 24.5 Å². The summed E-state index contributed by atoms with van der Waals surface area (Å²) in [5.41, 5.74) is -0.129. The van der Waals surface area contributed by atoms with Gasteiger partial charge in [-0.15, -0.1) is 5.10 Å². The zero-order valence-electron chi connectivity index (χ0n) is 25.4. The molecule has 234 valence electrons. The van der Waals surface area contributed by atoms with Crippen LogP contribution >= 0.6 is 0 Å². The van der Waals surface area contributed by atoms with E-state index in [1.807, 2.05) is 85.8 Å². The fraction of sp³-hybridized carbons (Fsp3) is 0.441. The number of likely N-dealkylation sites (tertiary alicyclic amines) is 1. The van der Waals surface area contributed by atoms with Gasteiger partial charge in [-0.05, 0) is 44.0 Å². The monoisotopic (exact) mass is 610 g/mol. The van der Waals surface area contributed by atoms with E-state index in [0.29, 0.717) is 32.5 Å². The van der Waals surface area contributed by atoms with Crippen LogP contribution in [0.5, 0.6) is 0 Å². The highest BCUT2D eigenvalue weighted by Crippen LogP contribution is 2.57. The van der Waals surface area contributed by atoms with E-state index >= 15 is 0 Å². The van der Waals surface area contributed by atoms with Gasteiger partial charge in [0, 0.05) is 31.9 Å². The van der Waals surface area contributed by atoms with E-state index in [4.69, 9.17) is 4.74 Å². The predicted molar refractivity (Wildman–Crippen MR) is 167 cm³/mol. The summed E-state index contributed by atoms with van der Waals surface area (Å²) >= 11 is 0. The average Bonchev–Trinajstić information content (AvgIpc) is 3.57. The van der Waals surface area contributed by atoms with Crippen molar-refractivity contribution < 1.29 is 24.2 Å². The van der Waals surface area contributed by atoms with Gasteiger partial charge in [-0.2, -0.15) is 0 Å². The Labute approximate surface area is 261 Å². The molecule has 2 aromatic carbocycles. The molecule has 1 unspecified atom stereocenters. The molecule has 0 saturated carbocycles. The minimum absolute atomic E-state index is 0.118. The number of hydrogen-bond donors (Lipinski definition) is 1. The van der Waals surface area contributed by atoms with Gasteiger partial charge in [-0.3, -0.25) is 14.4 Å². The number of aromatic nitrogens is 3. The molecule has 2 fully saturated rings. The standard InChI is InChI=1S/C34H38N6O5/c1-33-17-11-21-38(24-13-5-4-6-14-24)30(42)27(33)28-31(43)39(20-9-2-3-10-22-41)29-32(44)37(19-12-18-34(28,29)45-33)23-40-26-16-8-7-15-25(26)35-36-40/h4-8,11-18,27-29,41H,2-3,9-10,19-23H2,1H3/t27-,28-,29?,33+,34-/m0/s1. The number of unbranched alkanes of at least 4 members (excludes halogenated alkanes) is 3. The van der Waals surface area contributed by atoms with Gasteiger partial charge in [0.2, 0.25) is 11.8 Å². The molecule has 4 aliphatic rings. The number of hydrogen-bond acceptors (Lipinski definition) is 7. The first kappa shape index (κ1) is 29.4. The van der Waals surface area contributed by atoms with E-state index in [9.17, 15) is 19.5 Å². The second-order valence-corrected chi connectivity index (χ2v) is 12.5. The molecule has 5 atom stereocenters. The highest BCUT2D eigenvalue weighted by atomic mass is 16.5. The Kier molecular flexibility index (Phi) is 7.53. The lowest BCUT2D eigenvalue weighted by atomic mass is 9.74. The van der Waals surface area contributed by atoms with E-state index in [1.54, 1.807) is 19.4 Å². The van der Waals surface area contributed by atoms with Crippen LogP contribution in [0.25, 0.3) is 11.0 Å². The van der Waals surface area contributed by atoms with E-state index < -0.39 is 29.1 Å². The quantitative estimate of drug-likeness (QED) is 0.292. The van der Waals surface area contributed by atoms with Crippen molar-refractivity contribution in [2.24, 2.45) is 11.8 Å². The van der Waals surface area contributed by atoms with E-state index in [-0.39, 0.29) is 31.0 Å². The van der Waals surface area contributed by atoms with Crippen molar-refractivity contribution in [3.8, 4) is 0 Å². The molecule has 0 aliphatic carbocycles. The fourth-order valence-electron chi connectivity index (χ4n) is 7.71. The molecule has 11 heteroatoms. The molecule has 0 radical (unpaired) electrons. The summed E-state index contributed by atoms with van der Waals surface area (Å²) < 4.78 is 8.65. The van der Waals surface area contributed by atoms with Gasteiger partial charge in [-0.1, -0.05) is 72.7 Å². The van der Waals surface area contributed by atoms with Crippen molar-refractivity contribution in [3.05, 3.63) is 78.9 Å². The third-order valence-electron chi connectivity index (χ3n) is 9.74. The summed E-state index contributed by atoms with van der Waals surface area (Å²) in [5.74, 6) is -2.38. The van der Waals surface area contributed by atoms with E-state index in [2.05, 4.69) is 10.3 Å². The van der Waals surface area contributed by atoms with Gasteiger partial charge in [0.25, 0.3) is 5.91 Å². The highest BCUT2D eigenvalue weighted by Gasteiger charge is 2.74. The number of aliphatic hydroxyl groups excluding tert-OH is 1. The second-order valence-electron chi connectivity index (χ2n) is 12.5. The lowest BCUT2D eigenvalue weighted by Gasteiger charge is -2.37. The van der Waals surface area contributed by atoms with E-state index in [1.165, 1.54) is 0 Å². The summed E-state index contributed by atoms with van der Waals surface area (Å²) in [4.78, 5) is 48.8. The van der Waals surface area contributed by atoms with Crippen LogP contribution in [0.1, 0.15) is 32.6 Å². The summed E-state index contributed by atoms with van der Waals surface area (Å²) in [6.45, 7) is 3.14. The molecule has 1 N–H and O–H groups in total. The third-order valence-corrected chi connectivity index (χ3v) is 9.74. The lowest BCUT2D eigenvalue weighted by Crippen LogP contribution is -2.56. The molecule has 3 amide bonds. The Morgan fingerprint density at radius 3 is 2.44 bits per heavy atom. The van der Waals surface area contributed by atoms with E-state index in [0.717, 1.165) is 29.6 Å². The topological polar surface area (TPSA) is 121 Å². The summed E-state index contributed by atoms with van der Waals surface area (Å²) in [6, 6.07) is 16.1. The van der Waals surface area contributed by atoms with Crippen molar-refractivity contribution in [2.45, 2.75) is 56.5 Å². The number of nitrogens with zero attached hydrogens (tertiary/aromatic N) is 6. The number of para-hydroxylation sites is 2. The molecule has 7 rings (SSSR count). The molecule has 1 spiro atoms. The average molecular weight is 611 g/mol. The maximum absolute atomic E-state index is 14.7. The van der Waals surface area contributed by atoms with Gasteiger partial charge in [0.15, 0.2) is 0 Å². The number of benzene rings is 2. The number of amides is 3. The lowest BCUT2D eigenvalue weighted by molar-refractivity contribution is -0.152. The summed E-state index contributed by atoms with van der Waals surface area (Å²) in [7, 11) is 0. The first-order valence-corrected chi connectivity index (χ1v) is 15.8. The molecule has 3 aromatic rings. The van der Waals surface area contributed by atoms with Crippen molar-refractivity contribution in [1.29, 1.82) is 0 Å². The van der Waals surface area contributed by atoms with Crippen molar-refractivity contribution in [1.82, 2.24) is 24.8 Å². The van der Waals surface area contributed by atoms with Crippen LogP contribution in [-0.2, 0) is 25.8 Å². The maximum Gasteiger partial charge on any atom is 0.250 e. The molecule has 45 heavy (non-hydrogen) atoms. The fourth-order valence-corrected chi connectivity index (χ4v) is 7.71. The minimum atomic E-state index is -1.32. The maximum atomic E-state index is 14.7. The normalized spacial score (nSPS) is 29.2. The van der Waals surface area contributed by atoms with Gasteiger partial charge >= 0.3 is 0 Å². The molecular formula is C34H38N6O5. The van der Waals surface area contributed by atoms with Crippen LogP contribution < -0.4 is 4.90 Å². The first-order valence-electron chi connectivity index (χ1n) is 15.8. The number of aliphatic hydroxyl groups is 1. The number of carbonyl (C=O) groups is 3. The Bertz CT molecular complexity index is 1670. The SMILES string of the molecule is C[C@@]12C=CCN(c3ccccc3)C(=O)[C@@H]1[C@H]1C(=O)N(CCCCCCO)C3C(=O)N(Cn4nnc5ccccc54)CC=C[C@@]31O2. The molecule has 4 aliphatic heterocycles. The molecule has 1 aromatic heterocycles. The van der Waals surface area contributed by atoms with Crippen LogP contribution in [0.15, 0.2) is 78.9 Å². The first-order chi connectivity index (χ1) is 21.9. The van der Waals surface area contributed by atoms with Crippen LogP contribution in [-0.4, -0.2) is 91.1 Å². The molecule has 0 bridgehead atoms. The summed E-state index contributed by atoms with van der Waals surface area (Å²) in [5, 5.41) is 17.8. The van der Waals surface area contributed by atoms with Crippen LogP contribution in [0.4, 0.5) is 5.69 Å². The third kappa shape index (κ3) is 4.76. The number of rotatable bonds is 9. The number of anilines is 1. The van der Waals surface area contributed by atoms with Crippen molar-refractivity contribution >= 4 is 34.4 Å². The number of carbonyl (C=O) groups excluding carboxylic acids is 3. The Hall–Kier alpha value is -4.35. The summed E-state index contributed by atoms with van der Waals surface area (Å²) in [6.07, 6.45) is 10.6. The van der Waals surface area contributed by atoms with Crippen LogP contribution in [0.2, 0.25) is 0 Å².